The minimum Gasteiger partial charge on any atom is -0.368 e. The molecule has 0 spiro atoms. The van der Waals surface area contributed by atoms with Crippen molar-refractivity contribution >= 4 is 17.8 Å². The number of nitrogens with one attached hydrogen (secondary N) is 2. The largest absolute Gasteiger partial charge is 0.368 e. The van der Waals surface area contributed by atoms with Crippen LogP contribution < -0.4 is 16.4 Å². The monoisotopic (exact) mass is 276 g/mol. The molecule has 1 aliphatic carbocycles. The molecule has 0 bridgehead atoms. The number of rotatable bonds is 4. The number of urea groups is 1. The molecule has 2 aliphatic rings. The lowest BCUT2D eigenvalue weighted by molar-refractivity contribution is 0.219. The summed E-state index contributed by atoms with van der Waals surface area (Å²) in [5.74, 6) is 1.17. The van der Waals surface area contributed by atoms with Gasteiger partial charge in [0.15, 0.2) is 0 Å². The molecule has 7 heteroatoms. The first-order chi connectivity index (χ1) is 9.74. The molecule has 20 heavy (non-hydrogen) atoms. The van der Waals surface area contributed by atoms with Crippen LogP contribution in [0.15, 0.2) is 0 Å². The number of aromatic nitrogens is 2. The van der Waals surface area contributed by atoms with Crippen molar-refractivity contribution in [2.24, 2.45) is 0 Å². The normalized spacial score (nSPS) is 17.8. The van der Waals surface area contributed by atoms with Gasteiger partial charge in [-0.15, -0.1) is 0 Å². The van der Waals surface area contributed by atoms with E-state index in [2.05, 4.69) is 20.6 Å². The van der Waals surface area contributed by atoms with E-state index in [1.807, 2.05) is 0 Å². The summed E-state index contributed by atoms with van der Waals surface area (Å²) in [4.78, 5) is 21.9. The van der Waals surface area contributed by atoms with Gasteiger partial charge in [0, 0.05) is 31.7 Å². The lowest BCUT2D eigenvalue weighted by atomic mass is 9.96. The van der Waals surface area contributed by atoms with Crippen molar-refractivity contribution in [3.8, 4) is 0 Å². The molecule has 2 heterocycles. The summed E-state index contributed by atoms with van der Waals surface area (Å²) in [7, 11) is 0. The lowest BCUT2D eigenvalue weighted by Gasteiger charge is -2.20. The van der Waals surface area contributed by atoms with Crippen LogP contribution in [0.4, 0.5) is 16.6 Å². The summed E-state index contributed by atoms with van der Waals surface area (Å²) < 4.78 is 0. The number of fused-ring (bicyclic) bond motifs is 1. The minimum atomic E-state index is 0.0102. The molecule has 0 radical (unpaired) electrons. The summed E-state index contributed by atoms with van der Waals surface area (Å²) in [6.07, 6.45) is 4.31. The Bertz CT molecular complexity index is 518. The van der Waals surface area contributed by atoms with Gasteiger partial charge in [0.25, 0.3) is 0 Å². The standard InChI is InChI=1S/C13H20N6O/c14-12-17-10-4-2-1-3-9(10)11(18-12)15-5-7-19-8-6-16-13(19)20/h1-8H2,(H,16,20)(H3,14,15,17,18). The van der Waals surface area contributed by atoms with Crippen molar-refractivity contribution in [2.75, 3.05) is 37.2 Å². The number of carbonyl (C=O) groups excluding carboxylic acids is 1. The average Bonchev–Trinajstić information content (AvgIpc) is 2.84. The van der Waals surface area contributed by atoms with Gasteiger partial charge in [-0.1, -0.05) is 0 Å². The lowest BCUT2D eigenvalue weighted by Crippen LogP contribution is -2.32. The Kier molecular flexibility index (Phi) is 3.58. The van der Waals surface area contributed by atoms with E-state index in [0.717, 1.165) is 43.9 Å². The number of nitrogen functional groups attached to an aromatic ring is 1. The summed E-state index contributed by atoms with van der Waals surface area (Å²) in [5, 5.41) is 6.10. The Labute approximate surface area is 118 Å². The van der Waals surface area contributed by atoms with E-state index < -0.39 is 0 Å². The van der Waals surface area contributed by atoms with Crippen LogP contribution in [0.1, 0.15) is 24.1 Å². The maximum absolute atomic E-state index is 11.4. The van der Waals surface area contributed by atoms with Gasteiger partial charge in [-0.25, -0.2) is 9.78 Å². The van der Waals surface area contributed by atoms with Crippen molar-refractivity contribution in [2.45, 2.75) is 25.7 Å². The van der Waals surface area contributed by atoms with Gasteiger partial charge < -0.3 is 21.3 Å². The van der Waals surface area contributed by atoms with Crippen LogP contribution in [0, 0.1) is 0 Å². The molecule has 1 aromatic rings. The number of hydrogen-bond donors (Lipinski definition) is 3. The Hall–Kier alpha value is -2.05. The molecular formula is C13H20N6O. The first-order valence-corrected chi connectivity index (χ1v) is 7.16. The Morgan fingerprint density at radius 3 is 2.95 bits per heavy atom. The van der Waals surface area contributed by atoms with E-state index in [9.17, 15) is 4.79 Å². The molecule has 1 aliphatic heterocycles. The highest BCUT2D eigenvalue weighted by molar-refractivity contribution is 5.76. The molecular weight excluding hydrogens is 256 g/mol. The number of anilines is 2. The average molecular weight is 276 g/mol. The molecule has 4 N–H and O–H groups in total. The number of aryl methyl sites for hydroxylation is 1. The summed E-state index contributed by atoms with van der Waals surface area (Å²) >= 11 is 0. The van der Waals surface area contributed by atoms with Gasteiger partial charge in [0.2, 0.25) is 5.95 Å². The second kappa shape index (κ2) is 5.52. The van der Waals surface area contributed by atoms with Crippen LogP contribution in [-0.4, -0.2) is 47.1 Å². The number of carbonyl (C=O) groups is 1. The Balaban J connectivity index is 1.65. The molecule has 2 amide bonds. The van der Waals surface area contributed by atoms with Gasteiger partial charge >= 0.3 is 6.03 Å². The molecule has 1 fully saturated rings. The Morgan fingerprint density at radius 1 is 1.30 bits per heavy atom. The second-order valence-electron chi connectivity index (χ2n) is 5.21. The van der Waals surface area contributed by atoms with E-state index in [1.54, 1.807) is 4.90 Å². The molecule has 0 saturated carbocycles. The number of hydrogen-bond acceptors (Lipinski definition) is 5. The van der Waals surface area contributed by atoms with Gasteiger partial charge in [0.1, 0.15) is 5.82 Å². The topological polar surface area (TPSA) is 96.2 Å². The van der Waals surface area contributed by atoms with E-state index in [-0.39, 0.29) is 6.03 Å². The molecule has 0 unspecified atom stereocenters. The highest BCUT2D eigenvalue weighted by atomic mass is 16.2. The second-order valence-corrected chi connectivity index (χ2v) is 5.21. The first kappa shape index (κ1) is 13.0. The van der Waals surface area contributed by atoms with Crippen molar-refractivity contribution in [1.29, 1.82) is 0 Å². The summed E-state index contributed by atoms with van der Waals surface area (Å²) in [5.41, 5.74) is 8.03. The van der Waals surface area contributed by atoms with Crippen LogP contribution >= 0.6 is 0 Å². The zero-order valence-corrected chi connectivity index (χ0v) is 11.5. The molecule has 3 rings (SSSR count). The third-order valence-corrected chi connectivity index (χ3v) is 3.82. The van der Waals surface area contributed by atoms with E-state index >= 15 is 0 Å². The molecule has 108 valence electrons. The first-order valence-electron chi connectivity index (χ1n) is 7.16. The smallest absolute Gasteiger partial charge is 0.317 e. The number of nitrogens with zero attached hydrogens (tertiary/aromatic N) is 3. The maximum Gasteiger partial charge on any atom is 0.317 e. The molecule has 1 aromatic heterocycles. The summed E-state index contributed by atoms with van der Waals surface area (Å²) in [6, 6.07) is 0.0102. The maximum atomic E-state index is 11.4. The minimum absolute atomic E-state index is 0.0102. The summed E-state index contributed by atoms with van der Waals surface area (Å²) in [6.45, 7) is 2.85. The van der Waals surface area contributed by atoms with Crippen LogP contribution in [-0.2, 0) is 12.8 Å². The molecule has 0 aromatic carbocycles. The van der Waals surface area contributed by atoms with Crippen molar-refractivity contribution in [3.05, 3.63) is 11.3 Å². The van der Waals surface area contributed by atoms with Crippen molar-refractivity contribution in [1.82, 2.24) is 20.2 Å². The van der Waals surface area contributed by atoms with Gasteiger partial charge in [-0.3, -0.25) is 0 Å². The Morgan fingerprint density at radius 2 is 2.15 bits per heavy atom. The number of nitrogens with two attached hydrogens (primary N) is 1. The number of amides is 2. The van der Waals surface area contributed by atoms with Crippen molar-refractivity contribution < 1.29 is 4.79 Å². The zero-order valence-electron chi connectivity index (χ0n) is 11.5. The predicted molar refractivity (Wildman–Crippen MR) is 76.5 cm³/mol. The van der Waals surface area contributed by atoms with Crippen LogP contribution in [0.2, 0.25) is 0 Å². The highest BCUT2D eigenvalue weighted by Gasteiger charge is 2.20. The molecule has 0 atom stereocenters. The molecule has 7 nitrogen and oxygen atoms in total. The van der Waals surface area contributed by atoms with E-state index in [0.29, 0.717) is 19.0 Å². The highest BCUT2D eigenvalue weighted by Crippen LogP contribution is 2.25. The quantitative estimate of drug-likeness (QED) is 0.738. The third kappa shape index (κ3) is 2.61. The third-order valence-electron chi connectivity index (χ3n) is 3.82. The molecule has 1 saturated heterocycles. The van der Waals surface area contributed by atoms with E-state index in [1.165, 1.54) is 12.0 Å². The fraction of sp³-hybridized carbons (Fsp3) is 0.615. The zero-order chi connectivity index (χ0) is 13.9. The SMILES string of the molecule is Nc1nc2c(c(NCCN3CCNC3=O)n1)CCCC2. The van der Waals surface area contributed by atoms with Gasteiger partial charge in [0.05, 0.1) is 5.69 Å². The van der Waals surface area contributed by atoms with Crippen LogP contribution in [0.5, 0.6) is 0 Å². The van der Waals surface area contributed by atoms with Crippen LogP contribution in [0.3, 0.4) is 0 Å². The fourth-order valence-corrected chi connectivity index (χ4v) is 2.79. The fourth-order valence-electron chi connectivity index (χ4n) is 2.79. The van der Waals surface area contributed by atoms with E-state index in [4.69, 9.17) is 5.73 Å². The van der Waals surface area contributed by atoms with Crippen LogP contribution in [0.25, 0.3) is 0 Å². The van der Waals surface area contributed by atoms with Gasteiger partial charge in [-0.05, 0) is 25.7 Å². The van der Waals surface area contributed by atoms with Crippen molar-refractivity contribution in [3.63, 3.8) is 0 Å². The van der Waals surface area contributed by atoms with Gasteiger partial charge in [-0.2, -0.15) is 4.98 Å². The predicted octanol–water partition coefficient (Wildman–Crippen LogP) is 0.375.